The maximum Gasteiger partial charge on any atom is 0.137 e. The molecule has 1 unspecified atom stereocenters. The third-order valence-electron chi connectivity index (χ3n) is 4.82. The Balaban J connectivity index is 1.45. The van der Waals surface area contributed by atoms with Crippen molar-refractivity contribution in [2.24, 2.45) is 5.92 Å². The molecule has 2 aliphatic rings. The van der Waals surface area contributed by atoms with Crippen LogP contribution in [0.1, 0.15) is 25.7 Å². The van der Waals surface area contributed by atoms with Gasteiger partial charge in [0, 0.05) is 38.8 Å². The fourth-order valence-corrected chi connectivity index (χ4v) is 3.64. The first-order chi connectivity index (χ1) is 11.4. The summed E-state index contributed by atoms with van der Waals surface area (Å²) in [6, 6.07) is 2.16. The minimum atomic E-state index is 0.593. The monoisotopic (exact) mass is 313 g/mol. The number of nitrogens with zero attached hydrogens (tertiary/aromatic N) is 7. The molecule has 0 radical (unpaired) electrons. The Morgan fingerprint density at radius 2 is 1.74 bits per heavy atom. The summed E-state index contributed by atoms with van der Waals surface area (Å²) in [5, 5.41) is 4.23. The Morgan fingerprint density at radius 1 is 0.957 bits per heavy atom. The van der Waals surface area contributed by atoms with Crippen LogP contribution in [-0.2, 0) is 6.54 Å². The first-order valence-corrected chi connectivity index (χ1v) is 8.53. The van der Waals surface area contributed by atoms with E-state index in [4.69, 9.17) is 0 Å². The average Bonchev–Trinajstić information content (AvgIpc) is 3.29. The van der Waals surface area contributed by atoms with E-state index in [1.807, 2.05) is 4.68 Å². The highest BCUT2D eigenvalue weighted by molar-refractivity contribution is 5.50. The third-order valence-corrected chi connectivity index (χ3v) is 4.82. The van der Waals surface area contributed by atoms with E-state index in [1.165, 1.54) is 25.7 Å². The highest BCUT2D eigenvalue weighted by Crippen LogP contribution is 2.25. The van der Waals surface area contributed by atoms with E-state index in [-0.39, 0.29) is 0 Å². The lowest BCUT2D eigenvalue weighted by atomic mass is 9.98. The van der Waals surface area contributed by atoms with Gasteiger partial charge in [-0.25, -0.2) is 15.0 Å². The molecule has 2 aliphatic heterocycles. The molecule has 0 N–H and O–H groups in total. The molecule has 2 aromatic heterocycles. The second kappa shape index (κ2) is 6.52. The van der Waals surface area contributed by atoms with Gasteiger partial charge in [-0.2, -0.15) is 5.10 Å². The minimum absolute atomic E-state index is 0.593. The minimum Gasteiger partial charge on any atom is -0.356 e. The molecule has 4 rings (SSSR count). The summed E-state index contributed by atoms with van der Waals surface area (Å²) in [5.74, 6) is 2.73. The zero-order valence-corrected chi connectivity index (χ0v) is 13.4. The number of anilines is 2. The molecule has 2 saturated heterocycles. The highest BCUT2D eigenvalue weighted by Gasteiger charge is 2.23. The van der Waals surface area contributed by atoms with Gasteiger partial charge >= 0.3 is 0 Å². The van der Waals surface area contributed by atoms with Crippen molar-refractivity contribution in [3.8, 4) is 0 Å². The van der Waals surface area contributed by atoms with Gasteiger partial charge in [-0.05, 0) is 31.6 Å². The standard InChI is InChI=1S/C16H23N7/c1-2-6-21(5-1)15-8-16(19-12-18-15)22-7-3-4-14(9-22)10-23-13-17-11-20-23/h8,11-14H,1-7,9-10H2. The lowest BCUT2D eigenvalue weighted by Gasteiger charge is -2.33. The molecule has 7 nitrogen and oxygen atoms in total. The van der Waals surface area contributed by atoms with Crippen LogP contribution < -0.4 is 9.80 Å². The summed E-state index contributed by atoms with van der Waals surface area (Å²) in [4.78, 5) is 17.8. The molecule has 0 amide bonds. The number of rotatable bonds is 4. The molecule has 0 aliphatic carbocycles. The second-order valence-electron chi connectivity index (χ2n) is 6.50. The summed E-state index contributed by atoms with van der Waals surface area (Å²) < 4.78 is 1.93. The van der Waals surface area contributed by atoms with Crippen molar-refractivity contribution in [1.82, 2.24) is 24.7 Å². The largest absolute Gasteiger partial charge is 0.356 e. The van der Waals surface area contributed by atoms with Gasteiger partial charge in [0.25, 0.3) is 0 Å². The van der Waals surface area contributed by atoms with Crippen LogP contribution in [0.4, 0.5) is 11.6 Å². The van der Waals surface area contributed by atoms with Crippen LogP contribution in [-0.4, -0.2) is 50.9 Å². The van der Waals surface area contributed by atoms with Gasteiger partial charge in [0.1, 0.15) is 30.6 Å². The van der Waals surface area contributed by atoms with E-state index in [1.54, 1.807) is 19.0 Å². The Hall–Kier alpha value is -2.18. The van der Waals surface area contributed by atoms with Crippen molar-refractivity contribution < 1.29 is 0 Å². The average molecular weight is 313 g/mol. The Morgan fingerprint density at radius 3 is 2.52 bits per heavy atom. The van der Waals surface area contributed by atoms with Gasteiger partial charge < -0.3 is 9.80 Å². The predicted molar refractivity (Wildman–Crippen MR) is 88.4 cm³/mol. The maximum atomic E-state index is 4.52. The van der Waals surface area contributed by atoms with Gasteiger partial charge in [-0.1, -0.05) is 0 Å². The molecule has 2 fully saturated rings. The molecule has 7 heteroatoms. The summed E-state index contributed by atoms with van der Waals surface area (Å²) in [6.45, 7) is 5.26. The fraction of sp³-hybridized carbons (Fsp3) is 0.625. The lowest BCUT2D eigenvalue weighted by molar-refractivity contribution is 0.350. The molecule has 2 aromatic rings. The zero-order chi connectivity index (χ0) is 15.5. The number of hydrogen-bond acceptors (Lipinski definition) is 6. The molecule has 0 spiro atoms. The summed E-state index contributed by atoms with van der Waals surface area (Å²) >= 11 is 0. The van der Waals surface area contributed by atoms with Crippen LogP contribution in [0.15, 0.2) is 25.0 Å². The van der Waals surface area contributed by atoms with Crippen molar-refractivity contribution in [3.63, 3.8) is 0 Å². The first kappa shape index (κ1) is 14.4. The number of aromatic nitrogens is 5. The van der Waals surface area contributed by atoms with Gasteiger partial charge in [-0.3, -0.25) is 4.68 Å². The second-order valence-corrected chi connectivity index (χ2v) is 6.50. The molecular weight excluding hydrogens is 290 g/mol. The van der Waals surface area contributed by atoms with E-state index in [9.17, 15) is 0 Å². The molecule has 0 bridgehead atoms. The quantitative estimate of drug-likeness (QED) is 0.854. The Kier molecular flexibility index (Phi) is 4.08. The van der Waals surface area contributed by atoms with Crippen LogP contribution in [0.2, 0.25) is 0 Å². The lowest BCUT2D eigenvalue weighted by Crippen LogP contribution is -2.37. The number of piperidine rings is 1. The third kappa shape index (κ3) is 3.28. The summed E-state index contributed by atoms with van der Waals surface area (Å²) in [7, 11) is 0. The maximum absolute atomic E-state index is 4.52. The van der Waals surface area contributed by atoms with Gasteiger partial charge in [0.2, 0.25) is 0 Å². The van der Waals surface area contributed by atoms with Crippen LogP contribution >= 0.6 is 0 Å². The molecule has 4 heterocycles. The molecule has 23 heavy (non-hydrogen) atoms. The first-order valence-electron chi connectivity index (χ1n) is 8.53. The van der Waals surface area contributed by atoms with Crippen LogP contribution in [0.3, 0.4) is 0 Å². The van der Waals surface area contributed by atoms with Crippen molar-refractivity contribution in [3.05, 3.63) is 25.0 Å². The smallest absolute Gasteiger partial charge is 0.137 e. The van der Waals surface area contributed by atoms with E-state index in [2.05, 4.69) is 35.9 Å². The zero-order valence-electron chi connectivity index (χ0n) is 13.4. The molecule has 122 valence electrons. The number of hydrogen-bond donors (Lipinski definition) is 0. The molecule has 0 aromatic carbocycles. The molecular formula is C16H23N7. The van der Waals surface area contributed by atoms with Crippen LogP contribution in [0.5, 0.6) is 0 Å². The molecule has 0 saturated carbocycles. The molecule has 1 atom stereocenters. The van der Waals surface area contributed by atoms with Gasteiger partial charge in [0.15, 0.2) is 0 Å². The van der Waals surface area contributed by atoms with E-state index in [0.717, 1.165) is 44.4 Å². The van der Waals surface area contributed by atoms with Crippen molar-refractivity contribution in [2.45, 2.75) is 32.2 Å². The van der Waals surface area contributed by atoms with E-state index < -0.39 is 0 Å². The topological polar surface area (TPSA) is 63.0 Å². The van der Waals surface area contributed by atoms with Crippen molar-refractivity contribution in [1.29, 1.82) is 0 Å². The SMILES string of the molecule is c1nc(N2CCCC2)cc(N2CCCC(Cn3cncn3)C2)n1. The fourth-order valence-electron chi connectivity index (χ4n) is 3.64. The van der Waals surface area contributed by atoms with Crippen LogP contribution in [0, 0.1) is 5.92 Å². The Labute approximate surface area is 136 Å². The van der Waals surface area contributed by atoms with Crippen LogP contribution in [0.25, 0.3) is 0 Å². The van der Waals surface area contributed by atoms with Crippen molar-refractivity contribution in [2.75, 3.05) is 36.0 Å². The van der Waals surface area contributed by atoms with E-state index >= 15 is 0 Å². The van der Waals surface area contributed by atoms with Gasteiger partial charge in [-0.15, -0.1) is 0 Å². The van der Waals surface area contributed by atoms with Crippen molar-refractivity contribution >= 4 is 11.6 Å². The predicted octanol–water partition coefficient (Wildman–Crippen LogP) is 1.58. The normalized spacial score (nSPS) is 21.8. The highest BCUT2D eigenvalue weighted by atomic mass is 15.3. The van der Waals surface area contributed by atoms with Gasteiger partial charge in [0.05, 0.1) is 0 Å². The summed E-state index contributed by atoms with van der Waals surface area (Å²) in [6.07, 6.45) is 10.1. The Bertz CT molecular complexity index is 621. The summed E-state index contributed by atoms with van der Waals surface area (Å²) in [5.41, 5.74) is 0. The van der Waals surface area contributed by atoms with E-state index in [0.29, 0.717) is 5.92 Å².